The van der Waals surface area contributed by atoms with Crippen molar-refractivity contribution in [3.8, 4) is 0 Å². The maximum atomic E-state index is 13.6. The number of aliphatic imine (C=N–C) groups is 1. The second kappa shape index (κ2) is 15.1. The summed E-state index contributed by atoms with van der Waals surface area (Å²) >= 11 is 0. The zero-order valence-corrected chi connectivity index (χ0v) is 26.4. The monoisotopic (exact) mass is 696 g/mol. The zero-order chi connectivity index (χ0) is 36.1. The van der Waals surface area contributed by atoms with E-state index in [0.717, 1.165) is 0 Å². The zero-order valence-electron chi connectivity index (χ0n) is 26.4. The number of carbonyl (C=O) groups excluding carboxylic acids is 1. The summed E-state index contributed by atoms with van der Waals surface area (Å²) < 4.78 is 122. The van der Waals surface area contributed by atoms with E-state index < -0.39 is 65.8 Å². The van der Waals surface area contributed by atoms with Gasteiger partial charge in [0.25, 0.3) is 5.91 Å². The number of anilines is 1. The van der Waals surface area contributed by atoms with Gasteiger partial charge in [-0.25, -0.2) is 4.99 Å². The van der Waals surface area contributed by atoms with E-state index in [-0.39, 0.29) is 42.5 Å². The minimum Gasteiger partial charge on any atom is -0.481 e. The maximum Gasteiger partial charge on any atom is 0.416 e. The number of carboxylic acid groups (broad SMARTS) is 1. The molecule has 266 valence electrons. The number of hydrogen-bond donors (Lipinski definition) is 3. The third-order valence-electron chi connectivity index (χ3n) is 8.08. The van der Waals surface area contributed by atoms with E-state index in [0.29, 0.717) is 43.4 Å². The summed E-state index contributed by atoms with van der Waals surface area (Å²) in [6, 6.07) is 5.99. The molecule has 1 aliphatic carbocycles. The largest absolute Gasteiger partial charge is 0.481 e. The number of hydrogen-bond acceptors (Lipinski definition) is 3. The highest BCUT2D eigenvalue weighted by Gasteiger charge is 2.38. The summed E-state index contributed by atoms with van der Waals surface area (Å²) in [6.07, 6.45) is -13.3. The summed E-state index contributed by atoms with van der Waals surface area (Å²) in [5.74, 6) is -1.98. The number of rotatable bonds is 9. The summed E-state index contributed by atoms with van der Waals surface area (Å²) in [6.45, 7) is 4.12. The Morgan fingerprint density at radius 2 is 1.40 bits per heavy atom. The van der Waals surface area contributed by atoms with Gasteiger partial charge in [-0.3, -0.25) is 9.59 Å². The Morgan fingerprint density at radius 3 is 1.85 bits per heavy atom. The molecule has 0 spiro atoms. The Bertz CT molecular complexity index is 1410. The second-order valence-corrected chi connectivity index (χ2v) is 12.8. The molecule has 0 saturated heterocycles. The van der Waals surface area contributed by atoms with Gasteiger partial charge < -0.3 is 20.6 Å². The predicted molar refractivity (Wildman–Crippen MR) is 160 cm³/mol. The third kappa shape index (κ3) is 11.6. The SMILES string of the molecule is CC(C)(C)[C@H]1CC[C@H](N(Cc2ccc(C(=O)NCCC(=O)O)cc2)/C(=N\CC(F)(F)F)Nc2cc(C(F)(F)F)cc(C(F)(F)F)c2)CC1. The first-order valence-corrected chi connectivity index (χ1v) is 15.1. The van der Waals surface area contributed by atoms with Gasteiger partial charge in [-0.15, -0.1) is 0 Å². The summed E-state index contributed by atoms with van der Waals surface area (Å²) in [5.41, 5.74) is -3.51. The average molecular weight is 697 g/mol. The Morgan fingerprint density at radius 1 is 0.854 bits per heavy atom. The van der Waals surface area contributed by atoms with Gasteiger partial charge in [0.1, 0.15) is 6.54 Å². The molecule has 2 aromatic rings. The van der Waals surface area contributed by atoms with E-state index in [1.54, 1.807) is 0 Å². The molecule has 0 aromatic heterocycles. The number of halogens is 9. The van der Waals surface area contributed by atoms with Gasteiger partial charge in [0.05, 0.1) is 17.5 Å². The van der Waals surface area contributed by atoms with Crippen molar-refractivity contribution in [2.75, 3.05) is 18.4 Å². The van der Waals surface area contributed by atoms with Gasteiger partial charge in [0.15, 0.2) is 5.96 Å². The van der Waals surface area contributed by atoms with E-state index in [1.165, 1.54) is 29.2 Å². The van der Waals surface area contributed by atoms with Crippen LogP contribution in [0.4, 0.5) is 45.2 Å². The predicted octanol–water partition coefficient (Wildman–Crippen LogP) is 8.37. The fraction of sp³-hybridized carbons (Fsp3) is 0.531. The molecule has 0 unspecified atom stereocenters. The minimum atomic E-state index is -5.19. The summed E-state index contributed by atoms with van der Waals surface area (Å²) in [7, 11) is 0. The van der Waals surface area contributed by atoms with Crippen LogP contribution in [0, 0.1) is 11.3 Å². The van der Waals surface area contributed by atoms with Crippen molar-refractivity contribution in [3.05, 3.63) is 64.7 Å². The molecule has 3 N–H and O–H groups in total. The lowest BCUT2D eigenvalue weighted by molar-refractivity contribution is -0.143. The fourth-order valence-corrected chi connectivity index (χ4v) is 5.50. The van der Waals surface area contributed by atoms with Gasteiger partial charge in [0.2, 0.25) is 0 Å². The lowest BCUT2D eigenvalue weighted by Crippen LogP contribution is -2.46. The number of guanidine groups is 1. The molecular formula is C32H37F9N4O3. The van der Waals surface area contributed by atoms with Crippen LogP contribution in [0.3, 0.4) is 0 Å². The molecule has 0 radical (unpaired) electrons. The number of alkyl halides is 9. The van der Waals surface area contributed by atoms with Crippen LogP contribution < -0.4 is 10.6 Å². The molecular weight excluding hydrogens is 659 g/mol. The van der Waals surface area contributed by atoms with Crippen LogP contribution in [0.15, 0.2) is 47.5 Å². The van der Waals surface area contributed by atoms with Crippen molar-refractivity contribution in [2.24, 2.45) is 16.3 Å². The molecule has 0 atom stereocenters. The standard InChI is InChI=1S/C32H37F9N4O3/c1-29(2,3)21-8-10-25(11-9-21)45(17-19-4-6-20(7-5-19)27(48)42-13-12-26(46)47)28(43-18-30(33,34)35)44-24-15-22(31(36,37)38)14-23(16-24)32(39,40)41/h4-7,14-16,21,25H,8-13,17-18H2,1-3H3,(H,42,48)(H,43,44)(H,46,47)/t21-,25-. The van der Waals surface area contributed by atoms with Gasteiger partial charge in [-0.2, -0.15) is 39.5 Å². The van der Waals surface area contributed by atoms with Crippen LogP contribution in [-0.2, 0) is 23.7 Å². The number of aliphatic carboxylic acids is 1. The molecule has 48 heavy (non-hydrogen) atoms. The first-order chi connectivity index (χ1) is 22.0. The Hall–Kier alpha value is -3.98. The quantitative estimate of drug-likeness (QED) is 0.139. The van der Waals surface area contributed by atoms with Crippen LogP contribution in [-0.4, -0.2) is 53.2 Å². The van der Waals surface area contributed by atoms with E-state index in [1.807, 2.05) is 0 Å². The molecule has 2 aromatic carbocycles. The van der Waals surface area contributed by atoms with Crippen LogP contribution >= 0.6 is 0 Å². The van der Waals surface area contributed by atoms with Gasteiger partial charge >= 0.3 is 24.5 Å². The number of carbonyl (C=O) groups is 2. The maximum absolute atomic E-state index is 13.6. The molecule has 1 saturated carbocycles. The Labute approximate surface area is 271 Å². The first kappa shape index (κ1) is 38.5. The van der Waals surface area contributed by atoms with E-state index in [2.05, 4.69) is 36.4 Å². The lowest BCUT2D eigenvalue weighted by Gasteiger charge is -2.42. The Balaban J connectivity index is 2.04. The normalized spacial score (nSPS) is 18.0. The van der Waals surface area contributed by atoms with Gasteiger partial charge in [-0.05, 0) is 72.9 Å². The van der Waals surface area contributed by atoms with Gasteiger partial charge in [-0.1, -0.05) is 32.9 Å². The van der Waals surface area contributed by atoms with E-state index in [9.17, 15) is 49.1 Å². The summed E-state index contributed by atoms with van der Waals surface area (Å²) in [4.78, 5) is 28.2. The minimum absolute atomic E-state index is 0.0752. The number of nitrogens with zero attached hydrogens (tertiary/aromatic N) is 2. The van der Waals surface area contributed by atoms with E-state index in [4.69, 9.17) is 5.11 Å². The number of nitrogens with one attached hydrogen (secondary N) is 2. The fourth-order valence-electron chi connectivity index (χ4n) is 5.50. The first-order valence-electron chi connectivity index (χ1n) is 15.1. The van der Waals surface area contributed by atoms with Crippen LogP contribution in [0.1, 0.15) is 79.9 Å². The van der Waals surface area contributed by atoms with Crippen molar-refractivity contribution in [2.45, 2.75) is 84.0 Å². The van der Waals surface area contributed by atoms with Gasteiger partial charge in [0, 0.05) is 30.4 Å². The van der Waals surface area contributed by atoms with Crippen molar-refractivity contribution in [1.82, 2.24) is 10.2 Å². The molecule has 0 aliphatic heterocycles. The number of carboxylic acids is 1. The third-order valence-corrected chi connectivity index (χ3v) is 8.08. The Kier molecular flexibility index (Phi) is 12.1. The van der Waals surface area contributed by atoms with Crippen LogP contribution in [0.2, 0.25) is 0 Å². The molecule has 0 bridgehead atoms. The van der Waals surface area contributed by atoms with Crippen molar-refractivity contribution in [1.29, 1.82) is 0 Å². The van der Waals surface area contributed by atoms with Crippen molar-refractivity contribution < 1.29 is 54.2 Å². The second-order valence-electron chi connectivity index (χ2n) is 12.8. The molecule has 3 rings (SSSR count). The average Bonchev–Trinajstić information content (AvgIpc) is 2.96. The molecule has 1 aliphatic rings. The van der Waals surface area contributed by atoms with Crippen LogP contribution in [0.25, 0.3) is 0 Å². The molecule has 7 nitrogen and oxygen atoms in total. The molecule has 1 fully saturated rings. The molecule has 1 amide bonds. The number of amides is 1. The highest BCUT2D eigenvalue weighted by Crippen LogP contribution is 2.40. The smallest absolute Gasteiger partial charge is 0.416 e. The summed E-state index contributed by atoms with van der Waals surface area (Å²) in [5, 5.41) is 13.6. The molecule has 0 heterocycles. The van der Waals surface area contributed by atoms with Crippen LogP contribution in [0.5, 0.6) is 0 Å². The van der Waals surface area contributed by atoms with Crippen molar-refractivity contribution in [3.63, 3.8) is 0 Å². The number of benzene rings is 2. The lowest BCUT2D eigenvalue weighted by atomic mass is 9.71. The highest BCUT2D eigenvalue weighted by molar-refractivity contribution is 5.95. The van der Waals surface area contributed by atoms with E-state index >= 15 is 0 Å². The highest BCUT2D eigenvalue weighted by atomic mass is 19.4. The van der Waals surface area contributed by atoms with Crippen molar-refractivity contribution >= 4 is 23.5 Å². The molecule has 16 heteroatoms. The topological polar surface area (TPSA) is 94.0 Å².